The van der Waals surface area contributed by atoms with Gasteiger partial charge in [0.1, 0.15) is 11.8 Å². The Morgan fingerprint density at radius 3 is 2.73 bits per heavy atom. The normalized spacial score (nSPS) is 16.6. The number of nitrogens with zero attached hydrogens (tertiary/aromatic N) is 1. The minimum Gasteiger partial charge on any atom is -0.468 e. The first-order chi connectivity index (χ1) is 12.3. The van der Waals surface area contributed by atoms with Crippen molar-refractivity contribution in [2.45, 2.75) is 38.1 Å². The predicted octanol–water partition coefficient (Wildman–Crippen LogP) is 3.28. The molecule has 0 fully saturated rings. The Hall–Kier alpha value is -2.12. The second-order valence-electron chi connectivity index (χ2n) is 7.38. The van der Waals surface area contributed by atoms with Crippen molar-refractivity contribution in [3.05, 3.63) is 42.1 Å². The summed E-state index contributed by atoms with van der Waals surface area (Å²) in [6.07, 6.45) is 3.86. The average molecular weight is 378 g/mol. The van der Waals surface area contributed by atoms with Crippen LogP contribution in [0.15, 0.2) is 36.5 Å². The van der Waals surface area contributed by atoms with E-state index in [2.05, 4.69) is 19.6 Å². The quantitative estimate of drug-likeness (QED) is 0.301. The minimum absolute atomic E-state index is 0.149. The lowest BCUT2D eigenvalue weighted by atomic mass is 10.1. The molecule has 0 radical (unpaired) electrons. The molecule has 0 aromatic heterocycles. The van der Waals surface area contributed by atoms with Crippen molar-refractivity contribution in [3.63, 3.8) is 0 Å². The largest absolute Gasteiger partial charge is 0.468 e. The van der Waals surface area contributed by atoms with Gasteiger partial charge >= 0.3 is 5.97 Å². The highest BCUT2D eigenvalue weighted by molar-refractivity contribution is 6.76. The highest BCUT2D eigenvalue weighted by Crippen LogP contribution is 2.21. The van der Waals surface area contributed by atoms with Gasteiger partial charge in [-0.25, -0.2) is 4.79 Å². The van der Waals surface area contributed by atoms with Gasteiger partial charge in [0.25, 0.3) is 5.91 Å². The van der Waals surface area contributed by atoms with Crippen LogP contribution >= 0.6 is 0 Å². The molecule has 142 valence electrons. The monoisotopic (exact) mass is 377 g/mol. The van der Waals surface area contributed by atoms with E-state index in [1.165, 1.54) is 12.0 Å². The lowest BCUT2D eigenvalue weighted by Gasteiger charge is -2.21. The van der Waals surface area contributed by atoms with Gasteiger partial charge in [0, 0.05) is 26.4 Å². The van der Waals surface area contributed by atoms with Gasteiger partial charge in [-0.2, -0.15) is 0 Å². The molecule has 0 saturated carbocycles. The van der Waals surface area contributed by atoms with Crippen molar-refractivity contribution in [1.29, 1.82) is 0 Å². The molecule has 1 atom stereocenters. The van der Waals surface area contributed by atoms with E-state index in [0.717, 1.165) is 6.04 Å². The van der Waals surface area contributed by atoms with E-state index >= 15 is 0 Å². The maximum atomic E-state index is 12.7. The van der Waals surface area contributed by atoms with E-state index < -0.39 is 20.1 Å². The molecular formula is C19H27NO5Si. The summed E-state index contributed by atoms with van der Waals surface area (Å²) >= 11 is 0. The van der Waals surface area contributed by atoms with Gasteiger partial charge in [-0.1, -0.05) is 31.8 Å². The molecule has 1 heterocycles. The van der Waals surface area contributed by atoms with Crippen LogP contribution in [0.3, 0.4) is 0 Å². The minimum atomic E-state index is -1.12. The first-order valence-corrected chi connectivity index (χ1v) is 12.4. The van der Waals surface area contributed by atoms with Crippen LogP contribution in [-0.2, 0) is 14.3 Å². The number of carbonyl (C=O) groups excluding carboxylic acids is 2. The third kappa shape index (κ3) is 5.71. The van der Waals surface area contributed by atoms with Crippen molar-refractivity contribution in [2.24, 2.45) is 0 Å². The number of benzene rings is 1. The number of hydrogen-bond acceptors (Lipinski definition) is 5. The maximum Gasteiger partial charge on any atom is 0.329 e. The Labute approximate surface area is 155 Å². The first-order valence-electron chi connectivity index (χ1n) is 8.69. The Morgan fingerprint density at radius 2 is 2.04 bits per heavy atom. The summed E-state index contributed by atoms with van der Waals surface area (Å²) in [5.74, 6) is -0.132. The van der Waals surface area contributed by atoms with E-state index in [0.29, 0.717) is 24.3 Å². The summed E-state index contributed by atoms with van der Waals surface area (Å²) in [4.78, 5) is 25.9. The lowest BCUT2D eigenvalue weighted by molar-refractivity contribution is -0.144. The van der Waals surface area contributed by atoms with Gasteiger partial charge in [-0.05, 0) is 30.7 Å². The second kappa shape index (κ2) is 9.00. The number of rotatable bonds is 8. The van der Waals surface area contributed by atoms with Gasteiger partial charge < -0.3 is 19.1 Å². The number of esters is 1. The van der Waals surface area contributed by atoms with E-state index in [9.17, 15) is 9.59 Å². The molecule has 1 aliphatic rings. The zero-order valence-electron chi connectivity index (χ0n) is 15.9. The van der Waals surface area contributed by atoms with E-state index in [1.54, 1.807) is 36.5 Å². The fourth-order valence-electron chi connectivity index (χ4n) is 2.49. The molecule has 1 aromatic rings. The van der Waals surface area contributed by atoms with Crippen LogP contribution in [0.25, 0.3) is 0 Å². The molecule has 1 aliphatic heterocycles. The van der Waals surface area contributed by atoms with Gasteiger partial charge in [0.15, 0.2) is 6.79 Å². The number of hydrogen-bond donors (Lipinski definition) is 0. The Bertz CT molecular complexity index is 668. The molecule has 0 saturated heterocycles. The van der Waals surface area contributed by atoms with Crippen LogP contribution in [0.4, 0.5) is 0 Å². The van der Waals surface area contributed by atoms with Gasteiger partial charge in [0.05, 0.1) is 7.11 Å². The third-order valence-electron chi connectivity index (χ3n) is 4.06. The molecule has 0 aliphatic carbocycles. The fourth-order valence-corrected chi connectivity index (χ4v) is 3.25. The summed E-state index contributed by atoms with van der Waals surface area (Å²) in [7, 11) is 0.200. The Morgan fingerprint density at radius 1 is 1.27 bits per heavy atom. The van der Waals surface area contributed by atoms with Crippen LogP contribution in [0.1, 0.15) is 16.8 Å². The molecule has 1 aromatic carbocycles. The van der Waals surface area contributed by atoms with Crippen LogP contribution in [-0.4, -0.2) is 51.4 Å². The summed E-state index contributed by atoms with van der Waals surface area (Å²) in [6, 6.07) is 7.34. The smallest absolute Gasteiger partial charge is 0.329 e. The van der Waals surface area contributed by atoms with Crippen molar-refractivity contribution in [2.75, 3.05) is 20.5 Å². The van der Waals surface area contributed by atoms with Crippen LogP contribution < -0.4 is 4.74 Å². The molecule has 26 heavy (non-hydrogen) atoms. The lowest BCUT2D eigenvalue weighted by Crippen LogP contribution is -2.39. The van der Waals surface area contributed by atoms with Crippen molar-refractivity contribution < 1.29 is 23.8 Å². The summed E-state index contributed by atoms with van der Waals surface area (Å²) in [5, 5.41) is 0. The molecule has 0 unspecified atom stereocenters. The van der Waals surface area contributed by atoms with Crippen molar-refractivity contribution in [3.8, 4) is 5.75 Å². The molecule has 0 bridgehead atoms. The van der Waals surface area contributed by atoms with Gasteiger partial charge in [0.2, 0.25) is 0 Å². The van der Waals surface area contributed by atoms with E-state index in [4.69, 9.17) is 14.2 Å². The molecule has 0 spiro atoms. The topological polar surface area (TPSA) is 65.1 Å². The molecule has 1 amide bonds. The average Bonchev–Trinajstić information content (AvgIpc) is 3.09. The van der Waals surface area contributed by atoms with Crippen LogP contribution in [0.2, 0.25) is 25.7 Å². The summed E-state index contributed by atoms with van der Waals surface area (Å²) < 4.78 is 15.9. The van der Waals surface area contributed by atoms with Gasteiger partial charge in [-0.15, -0.1) is 0 Å². The Kier molecular flexibility index (Phi) is 6.99. The highest BCUT2D eigenvalue weighted by Gasteiger charge is 2.32. The molecule has 7 heteroatoms. The summed E-state index contributed by atoms with van der Waals surface area (Å²) in [6.45, 7) is 7.70. The maximum absolute atomic E-state index is 12.7. The fraction of sp³-hybridized carbons (Fsp3) is 0.474. The standard InChI is InChI=1S/C19H27NO5Si/c1-23-19(22)17-9-6-10-20(17)18(21)15-7-5-8-16(13-15)25-14-24-11-12-26(2,3)4/h5-8,10,13,17H,9,11-12,14H2,1-4H3/t17-/m0/s1. The number of amides is 1. The summed E-state index contributed by atoms with van der Waals surface area (Å²) in [5.41, 5.74) is 0.449. The van der Waals surface area contributed by atoms with Crippen molar-refractivity contribution >= 4 is 20.0 Å². The Balaban J connectivity index is 1.92. The zero-order chi connectivity index (χ0) is 19.2. The SMILES string of the molecule is COC(=O)[C@@H]1CC=CN1C(=O)c1cccc(OCOCC[Si](C)(C)C)c1. The van der Waals surface area contributed by atoms with Gasteiger partial charge in [-0.3, -0.25) is 4.79 Å². The first kappa shape index (κ1) is 20.2. The highest BCUT2D eigenvalue weighted by atomic mass is 28.3. The molecule has 2 rings (SSSR count). The number of ether oxygens (including phenoxy) is 3. The zero-order valence-corrected chi connectivity index (χ0v) is 16.9. The van der Waals surface area contributed by atoms with Crippen LogP contribution in [0, 0.1) is 0 Å². The van der Waals surface area contributed by atoms with Crippen molar-refractivity contribution in [1.82, 2.24) is 4.90 Å². The molecular weight excluding hydrogens is 350 g/mol. The van der Waals surface area contributed by atoms with Crippen LogP contribution in [0.5, 0.6) is 5.75 Å². The molecule has 0 N–H and O–H groups in total. The predicted molar refractivity (Wildman–Crippen MR) is 102 cm³/mol. The number of carbonyl (C=O) groups is 2. The third-order valence-corrected chi connectivity index (χ3v) is 5.76. The molecule has 6 nitrogen and oxygen atoms in total. The van der Waals surface area contributed by atoms with E-state index in [1.807, 2.05) is 0 Å². The second-order valence-corrected chi connectivity index (χ2v) is 13.0. The van der Waals surface area contributed by atoms with E-state index in [-0.39, 0.29) is 12.7 Å². The number of methoxy groups -OCH3 is 1.